The van der Waals surface area contributed by atoms with Crippen LogP contribution in [0.25, 0.3) is 5.69 Å². The Labute approximate surface area is 197 Å². The molecule has 0 aliphatic carbocycles. The van der Waals surface area contributed by atoms with Gasteiger partial charge in [-0.3, -0.25) is 9.10 Å². The van der Waals surface area contributed by atoms with Crippen molar-refractivity contribution in [1.29, 1.82) is 0 Å². The first-order valence-corrected chi connectivity index (χ1v) is 12.1. The quantitative estimate of drug-likeness (QED) is 0.404. The minimum absolute atomic E-state index is 0.353. The molecule has 2 aromatic carbocycles. The highest BCUT2D eigenvalue weighted by Crippen LogP contribution is 2.28. The van der Waals surface area contributed by atoms with E-state index in [9.17, 15) is 13.2 Å². The first-order chi connectivity index (χ1) is 15.0. The van der Waals surface area contributed by atoms with Crippen LogP contribution < -0.4 is 9.73 Å². The summed E-state index contributed by atoms with van der Waals surface area (Å²) >= 11 is 12.4. The van der Waals surface area contributed by atoms with Crippen molar-refractivity contribution in [2.24, 2.45) is 5.10 Å². The summed E-state index contributed by atoms with van der Waals surface area (Å²) in [4.78, 5) is 12.4. The summed E-state index contributed by atoms with van der Waals surface area (Å²) in [5.74, 6) is -0.413. The third-order valence-corrected chi connectivity index (χ3v) is 6.72. The summed E-state index contributed by atoms with van der Waals surface area (Å²) in [6, 6.07) is 13.4. The Morgan fingerprint density at radius 3 is 2.34 bits per heavy atom. The Bertz CT molecular complexity index is 1300. The Morgan fingerprint density at radius 1 is 1.09 bits per heavy atom. The van der Waals surface area contributed by atoms with Crippen molar-refractivity contribution in [3.63, 3.8) is 0 Å². The lowest BCUT2D eigenvalue weighted by atomic mass is 10.2. The van der Waals surface area contributed by atoms with Gasteiger partial charge in [-0.1, -0.05) is 23.2 Å². The molecule has 10 heteroatoms. The van der Waals surface area contributed by atoms with Gasteiger partial charge in [-0.25, -0.2) is 13.8 Å². The van der Waals surface area contributed by atoms with Crippen molar-refractivity contribution < 1.29 is 13.2 Å². The number of nitrogens with zero attached hydrogens (tertiary/aromatic N) is 3. The van der Waals surface area contributed by atoms with Crippen LogP contribution in [0.2, 0.25) is 10.0 Å². The molecule has 0 radical (unpaired) electrons. The van der Waals surface area contributed by atoms with Crippen molar-refractivity contribution >= 4 is 51.0 Å². The number of amides is 1. The molecule has 3 rings (SSSR count). The predicted molar refractivity (Wildman–Crippen MR) is 130 cm³/mol. The summed E-state index contributed by atoms with van der Waals surface area (Å²) in [6.07, 6.45) is 2.67. The maximum absolute atomic E-state index is 12.4. The summed E-state index contributed by atoms with van der Waals surface area (Å²) in [6.45, 7) is 3.88. The lowest BCUT2D eigenvalue weighted by Gasteiger charge is -2.16. The highest BCUT2D eigenvalue weighted by Gasteiger charge is 2.14. The van der Waals surface area contributed by atoms with Crippen LogP contribution in [0.5, 0.6) is 0 Å². The molecule has 0 fully saturated rings. The predicted octanol–water partition coefficient (Wildman–Crippen LogP) is 4.56. The molecule has 0 aliphatic rings. The molecule has 0 saturated heterocycles. The van der Waals surface area contributed by atoms with Crippen LogP contribution in [0.15, 0.2) is 53.6 Å². The van der Waals surface area contributed by atoms with E-state index in [-0.39, 0.29) is 0 Å². The zero-order chi connectivity index (χ0) is 23.6. The van der Waals surface area contributed by atoms with Gasteiger partial charge in [0.25, 0.3) is 5.91 Å². The second-order valence-corrected chi connectivity index (χ2v) is 10.1. The van der Waals surface area contributed by atoms with Gasteiger partial charge < -0.3 is 4.57 Å². The molecule has 32 heavy (non-hydrogen) atoms. The van der Waals surface area contributed by atoms with Crippen molar-refractivity contribution in [2.45, 2.75) is 13.8 Å². The first kappa shape index (κ1) is 23.8. The van der Waals surface area contributed by atoms with E-state index in [1.165, 1.54) is 19.2 Å². The number of benzene rings is 2. The van der Waals surface area contributed by atoms with Crippen molar-refractivity contribution in [1.82, 2.24) is 9.99 Å². The van der Waals surface area contributed by atoms with Crippen LogP contribution in [0.4, 0.5) is 5.69 Å². The SMILES string of the molecule is Cc1cc(/C=N\NC(=O)c2ccc(N(C)S(C)(=O)=O)cc2)c(C)n1-c1ccc(Cl)cc1Cl. The number of aromatic nitrogens is 1. The summed E-state index contributed by atoms with van der Waals surface area (Å²) in [5, 5.41) is 5.15. The fourth-order valence-electron chi connectivity index (χ4n) is 3.19. The third kappa shape index (κ3) is 5.15. The van der Waals surface area contributed by atoms with E-state index in [0.717, 1.165) is 33.2 Å². The van der Waals surface area contributed by atoms with E-state index in [0.29, 0.717) is 21.3 Å². The molecule has 0 bridgehead atoms. The maximum atomic E-state index is 12.4. The lowest BCUT2D eigenvalue weighted by molar-refractivity contribution is 0.0955. The number of aryl methyl sites for hydroxylation is 1. The van der Waals surface area contributed by atoms with E-state index in [2.05, 4.69) is 10.5 Å². The Balaban J connectivity index is 1.74. The molecule has 1 heterocycles. The maximum Gasteiger partial charge on any atom is 0.271 e. The number of nitrogens with one attached hydrogen (secondary N) is 1. The van der Waals surface area contributed by atoms with E-state index >= 15 is 0 Å². The minimum Gasteiger partial charge on any atom is -0.316 e. The van der Waals surface area contributed by atoms with Crippen molar-refractivity contribution in [3.8, 4) is 5.69 Å². The van der Waals surface area contributed by atoms with Gasteiger partial charge in [0.1, 0.15) is 0 Å². The normalized spacial score (nSPS) is 11.7. The molecule has 0 saturated carbocycles. The fraction of sp³-hybridized carbons (Fsp3) is 0.182. The Morgan fingerprint density at radius 2 is 1.75 bits per heavy atom. The average molecular weight is 493 g/mol. The zero-order valence-electron chi connectivity index (χ0n) is 17.9. The molecule has 1 aromatic heterocycles. The van der Waals surface area contributed by atoms with E-state index in [1.54, 1.807) is 30.5 Å². The lowest BCUT2D eigenvalue weighted by Crippen LogP contribution is -2.25. The molecular formula is C22H22Cl2N4O3S. The molecule has 3 aromatic rings. The molecule has 0 unspecified atom stereocenters. The minimum atomic E-state index is -3.37. The molecule has 168 valence electrons. The number of carbonyl (C=O) groups is 1. The number of rotatable bonds is 6. The van der Waals surface area contributed by atoms with Crippen LogP contribution >= 0.6 is 23.2 Å². The largest absolute Gasteiger partial charge is 0.316 e. The fourth-order valence-corrected chi connectivity index (χ4v) is 4.19. The van der Waals surface area contributed by atoms with Crippen LogP contribution in [0.3, 0.4) is 0 Å². The standard InChI is InChI=1S/C22H22Cl2N4O3S/c1-14-11-17(15(2)28(14)21-10-7-18(23)12-20(21)24)13-25-26-22(29)16-5-8-19(9-6-16)27(3)32(4,30)31/h5-13H,1-4H3,(H,26,29)/b25-13-. The number of hydrogen-bond acceptors (Lipinski definition) is 4. The number of carbonyl (C=O) groups excluding carboxylic acids is 1. The van der Waals surface area contributed by atoms with Gasteiger partial charge in [0, 0.05) is 34.6 Å². The van der Waals surface area contributed by atoms with E-state index in [1.807, 2.05) is 30.5 Å². The smallest absolute Gasteiger partial charge is 0.271 e. The second kappa shape index (κ2) is 9.36. The second-order valence-electron chi connectivity index (χ2n) is 7.23. The van der Waals surface area contributed by atoms with E-state index < -0.39 is 15.9 Å². The van der Waals surface area contributed by atoms with Crippen LogP contribution in [-0.4, -0.2) is 38.4 Å². The highest BCUT2D eigenvalue weighted by molar-refractivity contribution is 7.92. The topological polar surface area (TPSA) is 83.8 Å². The van der Waals surface area contributed by atoms with Gasteiger partial charge in [0.05, 0.1) is 28.9 Å². The summed E-state index contributed by atoms with van der Waals surface area (Å²) < 4.78 is 26.4. The van der Waals surface area contributed by atoms with Gasteiger partial charge in [0.2, 0.25) is 10.0 Å². The van der Waals surface area contributed by atoms with Gasteiger partial charge >= 0.3 is 0 Å². The van der Waals surface area contributed by atoms with Crippen LogP contribution in [-0.2, 0) is 10.0 Å². The number of anilines is 1. The number of halogens is 2. The Kier molecular flexibility index (Phi) is 6.97. The third-order valence-electron chi connectivity index (χ3n) is 4.98. The summed E-state index contributed by atoms with van der Waals surface area (Å²) in [5.41, 5.74) is 6.77. The highest BCUT2D eigenvalue weighted by atomic mass is 35.5. The van der Waals surface area contributed by atoms with Gasteiger partial charge in [0.15, 0.2) is 0 Å². The van der Waals surface area contributed by atoms with E-state index in [4.69, 9.17) is 23.2 Å². The first-order valence-electron chi connectivity index (χ1n) is 9.51. The zero-order valence-corrected chi connectivity index (χ0v) is 20.3. The molecule has 0 atom stereocenters. The number of sulfonamides is 1. The molecular weight excluding hydrogens is 471 g/mol. The van der Waals surface area contributed by atoms with Gasteiger partial charge in [-0.15, -0.1) is 0 Å². The molecule has 1 amide bonds. The Hall–Kier alpha value is -2.81. The monoisotopic (exact) mass is 492 g/mol. The van der Waals surface area contributed by atoms with Crippen LogP contribution in [0.1, 0.15) is 27.3 Å². The average Bonchev–Trinajstić information content (AvgIpc) is 3.00. The van der Waals surface area contributed by atoms with Gasteiger partial charge in [-0.05, 0) is 62.4 Å². The number of hydrazone groups is 1. The van der Waals surface area contributed by atoms with Crippen molar-refractivity contribution in [2.75, 3.05) is 17.6 Å². The molecule has 1 N–H and O–H groups in total. The molecule has 7 nitrogen and oxygen atoms in total. The molecule has 0 spiro atoms. The molecule has 0 aliphatic heterocycles. The van der Waals surface area contributed by atoms with Crippen LogP contribution in [0, 0.1) is 13.8 Å². The summed E-state index contributed by atoms with van der Waals surface area (Å²) in [7, 11) is -1.93. The van der Waals surface area contributed by atoms with Gasteiger partial charge in [-0.2, -0.15) is 5.10 Å². The number of hydrogen-bond donors (Lipinski definition) is 1. The van der Waals surface area contributed by atoms with Crippen molar-refractivity contribution in [3.05, 3.63) is 81.1 Å².